The Hall–Kier alpha value is 0. The van der Waals surface area contributed by atoms with Crippen molar-refractivity contribution < 1.29 is 0 Å². The Morgan fingerprint density at radius 3 is 0.923 bits per heavy atom. The molecule has 0 aromatic rings. The summed E-state index contributed by atoms with van der Waals surface area (Å²) in [6.45, 7) is 17.2. The van der Waals surface area contributed by atoms with Gasteiger partial charge >= 0.3 is 0 Å². The van der Waals surface area contributed by atoms with Crippen LogP contribution in [0.2, 0.25) is 0 Å². The third-order valence-corrected chi connectivity index (χ3v) is 0.957. The monoisotopic (exact) mass is 188 g/mol. The van der Waals surface area contributed by atoms with E-state index >= 15 is 0 Å². The van der Waals surface area contributed by atoms with Crippen LogP contribution in [0.25, 0.3) is 0 Å². The molecule has 0 aliphatic rings. The average Bonchev–Trinajstić information content (AvgIpc) is 2.02. The number of hydrogen-bond donors (Lipinski definition) is 0. The Morgan fingerprint density at radius 1 is 0.692 bits per heavy atom. The molecule has 0 atom stereocenters. The third-order valence-electron chi connectivity index (χ3n) is 0.957. The Balaban J connectivity index is -0.000000131. The fourth-order valence-electron chi connectivity index (χ4n) is 0.500. The van der Waals surface area contributed by atoms with Gasteiger partial charge in [-0.05, 0) is 5.41 Å². The first-order chi connectivity index (χ1) is 5.91. The standard InChI is InChI=1S/C6H14.C5H12.C2H6/c1-3-5-6-4-2;1-5(2,3)4;1-2/h3-6H2,1-2H3;1-4H3;1-2H3. The van der Waals surface area contributed by atoms with Crippen LogP contribution in [0, 0.1) is 5.41 Å². The zero-order chi connectivity index (χ0) is 11.3. The maximum atomic E-state index is 2.23. The largest absolute Gasteiger partial charge is 0.0683 e. The normalized spacial score (nSPS) is 9.23. The second-order valence-electron chi connectivity index (χ2n) is 4.71. The summed E-state index contributed by atoms with van der Waals surface area (Å²) in [5, 5.41) is 0. The lowest BCUT2D eigenvalue weighted by molar-refractivity contribution is 0.469. The molecule has 0 heterocycles. The van der Waals surface area contributed by atoms with Crippen LogP contribution in [0.4, 0.5) is 0 Å². The second-order valence-corrected chi connectivity index (χ2v) is 4.71. The van der Waals surface area contributed by atoms with Crippen LogP contribution >= 0.6 is 0 Å². The lowest BCUT2D eigenvalue weighted by Gasteiger charge is -2.05. The van der Waals surface area contributed by atoms with E-state index in [1.54, 1.807) is 0 Å². The zero-order valence-corrected chi connectivity index (χ0v) is 11.3. The van der Waals surface area contributed by atoms with E-state index in [-0.39, 0.29) is 0 Å². The van der Waals surface area contributed by atoms with Crippen molar-refractivity contribution in [3.8, 4) is 0 Å². The molecule has 0 rings (SSSR count). The number of rotatable bonds is 3. The summed E-state index contributed by atoms with van der Waals surface area (Å²) in [6.07, 6.45) is 5.54. The molecule has 0 radical (unpaired) electrons. The van der Waals surface area contributed by atoms with E-state index in [2.05, 4.69) is 41.5 Å². The van der Waals surface area contributed by atoms with Gasteiger partial charge in [0, 0.05) is 0 Å². The summed E-state index contributed by atoms with van der Waals surface area (Å²) in [5.41, 5.74) is 0.500. The summed E-state index contributed by atoms with van der Waals surface area (Å²) in [4.78, 5) is 0. The maximum Gasteiger partial charge on any atom is -0.0411 e. The first-order valence-corrected chi connectivity index (χ1v) is 5.91. The van der Waals surface area contributed by atoms with Crippen LogP contribution in [-0.4, -0.2) is 0 Å². The number of hydrogen-bond acceptors (Lipinski definition) is 0. The van der Waals surface area contributed by atoms with Crippen LogP contribution in [0.1, 0.15) is 81.1 Å². The summed E-state index contributed by atoms with van der Waals surface area (Å²) in [7, 11) is 0. The molecule has 0 spiro atoms. The van der Waals surface area contributed by atoms with Gasteiger partial charge < -0.3 is 0 Å². The molecular formula is C13H32. The molecule has 0 saturated heterocycles. The highest BCUT2D eigenvalue weighted by Gasteiger charge is 1.95. The van der Waals surface area contributed by atoms with E-state index in [1.807, 2.05) is 13.8 Å². The van der Waals surface area contributed by atoms with Gasteiger partial charge in [-0.3, -0.25) is 0 Å². The smallest absolute Gasteiger partial charge is 0.0411 e. The minimum atomic E-state index is 0.500. The highest BCUT2D eigenvalue weighted by Crippen LogP contribution is 2.08. The topological polar surface area (TPSA) is 0 Å². The predicted molar refractivity (Wildman–Crippen MR) is 66.3 cm³/mol. The molecule has 0 heteroatoms. The lowest BCUT2D eigenvalue weighted by Crippen LogP contribution is -1.93. The molecule has 0 aromatic heterocycles. The molecule has 0 fully saturated rings. The minimum absolute atomic E-state index is 0.500. The van der Waals surface area contributed by atoms with Crippen LogP contribution in [0.5, 0.6) is 0 Å². The highest BCUT2D eigenvalue weighted by atomic mass is 14.0. The SMILES string of the molecule is CC.CC(C)(C)C.CCCCCC. The zero-order valence-electron chi connectivity index (χ0n) is 11.3. The molecule has 0 N–H and O–H groups in total. The quantitative estimate of drug-likeness (QED) is 0.501. The molecule has 84 valence electrons. The Labute approximate surface area is 87.1 Å². The van der Waals surface area contributed by atoms with Gasteiger partial charge in [0.05, 0.1) is 0 Å². The van der Waals surface area contributed by atoms with Gasteiger partial charge in [0.15, 0.2) is 0 Å². The van der Waals surface area contributed by atoms with Gasteiger partial charge in [-0.1, -0.05) is 81.1 Å². The van der Waals surface area contributed by atoms with Crippen molar-refractivity contribution in [3.63, 3.8) is 0 Å². The van der Waals surface area contributed by atoms with Crippen LogP contribution in [0.15, 0.2) is 0 Å². The molecule has 0 aliphatic carbocycles. The number of unbranched alkanes of at least 4 members (excludes halogenated alkanes) is 3. The molecule has 0 unspecified atom stereocenters. The highest BCUT2D eigenvalue weighted by molar-refractivity contribution is 4.47. The second kappa shape index (κ2) is 14.5. The molecular weight excluding hydrogens is 156 g/mol. The summed E-state index contributed by atoms with van der Waals surface area (Å²) >= 11 is 0. The van der Waals surface area contributed by atoms with Crippen molar-refractivity contribution in [1.29, 1.82) is 0 Å². The van der Waals surface area contributed by atoms with E-state index in [0.29, 0.717) is 5.41 Å². The van der Waals surface area contributed by atoms with Crippen molar-refractivity contribution in [1.82, 2.24) is 0 Å². The van der Waals surface area contributed by atoms with Crippen LogP contribution in [-0.2, 0) is 0 Å². The van der Waals surface area contributed by atoms with Gasteiger partial charge in [0.1, 0.15) is 0 Å². The fraction of sp³-hybridized carbons (Fsp3) is 1.00. The molecule has 13 heavy (non-hydrogen) atoms. The van der Waals surface area contributed by atoms with Gasteiger partial charge in [0.2, 0.25) is 0 Å². The van der Waals surface area contributed by atoms with Crippen molar-refractivity contribution in [3.05, 3.63) is 0 Å². The lowest BCUT2D eigenvalue weighted by atomic mass is 10.0. The van der Waals surface area contributed by atoms with Crippen molar-refractivity contribution in [2.24, 2.45) is 5.41 Å². The van der Waals surface area contributed by atoms with Crippen LogP contribution in [0.3, 0.4) is 0 Å². The Kier molecular flexibility index (Phi) is 20.9. The maximum absolute atomic E-state index is 2.23. The molecule has 0 saturated carbocycles. The minimum Gasteiger partial charge on any atom is -0.0683 e. The Bertz CT molecular complexity index is 46.9. The molecule has 0 nitrogen and oxygen atoms in total. The Morgan fingerprint density at radius 2 is 0.846 bits per heavy atom. The van der Waals surface area contributed by atoms with Gasteiger partial charge in [-0.2, -0.15) is 0 Å². The van der Waals surface area contributed by atoms with E-state index in [1.165, 1.54) is 25.7 Å². The van der Waals surface area contributed by atoms with Gasteiger partial charge in [-0.15, -0.1) is 0 Å². The first kappa shape index (κ1) is 18.7. The van der Waals surface area contributed by atoms with Crippen LogP contribution < -0.4 is 0 Å². The van der Waals surface area contributed by atoms with Gasteiger partial charge in [-0.25, -0.2) is 0 Å². The summed E-state index contributed by atoms with van der Waals surface area (Å²) in [6, 6.07) is 0. The van der Waals surface area contributed by atoms with E-state index in [9.17, 15) is 0 Å². The van der Waals surface area contributed by atoms with Gasteiger partial charge in [0.25, 0.3) is 0 Å². The fourth-order valence-corrected chi connectivity index (χ4v) is 0.500. The molecule has 0 amide bonds. The molecule has 0 aliphatic heterocycles. The average molecular weight is 188 g/mol. The van der Waals surface area contributed by atoms with E-state index in [0.717, 1.165) is 0 Å². The first-order valence-electron chi connectivity index (χ1n) is 5.91. The van der Waals surface area contributed by atoms with E-state index in [4.69, 9.17) is 0 Å². The summed E-state index contributed by atoms with van der Waals surface area (Å²) in [5.74, 6) is 0. The molecule has 0 aromatic carbocycles. The summed E-state index contributed by atoms with van der Waals surface area (Å²) < 4.78 is 0. The third kappa shape index (κ3) is 133. The van der Waals surface area contributed by atoms with E-state index < -0.39 is 0 Å². The predicted octanol–water partition coefficient (Wildman–Crippen LogP) is 5.67. The van der Waals surface area contributed by atoms with Crippen molar-refractivity contribution >= 4 is 0 Å². The van der Waals surface area contributed by atoms with Crippen molar-refractivity contribution in [2.45, 2.75) is 81.1 Å². The molecule has 0 bridgehead atoms. The van der Waals surface area contributed by atoms with Crippen molar-refractivity contribution in [2.75, 3.05) is 0 Å².